The maximum Gasteiger partial charge on any atom is 0.255 e. The summed E-state index contributed by atoms with van der Waals surface area (Å²) >= 11 is 10.4. The van der Waals surface area contributed by atoms with Crippen molar-refractivity contribution in [2.75, 3.05) is 39.9 Å². The number of ether oxygens (including phenoxy) is 1. The molecule has 1 aromatic carbocycles. The highest BCUT2D eigenvalue weighted by molar-refractivity contribution is 9.10. The van der Waals surface area contributed by atoms with Crippen LogP contribution in [0.25, 0.3) is 0 Å². The summed E-state index contributed by atoms with van der Waals surface area (Å²) < 4.78 is 6.54. The summed E-state index contributed by atoms with van der Waals surface area (Å²) in [6.45, 7) is 4.76. The lowest BCUT2D eigenvalue weighted by Gasteiger charge is -2.43. The van der Waals surface area contributed by atoms with Crippen molar-refractivity contribution < 1.29 is 24.2 Å². The second kappa shape index (κ2) is 9.89. The zero-order valence-electron chi connectivity index (χ0n) is 19.3. The van der Waals surface area contributed by atoms with Gasteiger partial charge in [0.1, 0.15) is 6.61 Å². The molecule has 4 rings (SSSR count). The van der Waals surface area contributed by atoms with Crippen molar-refractivity contribution in [1.82, 2.24) is 9.80 Å². The van der Waals surface area contributed by atoms with Crippen LogP contribution in [0.1, 0.15) is 41.4 Å². The van der Waals surface area contributed by atoms with E-state index in [1.807, 2.05) is 19.1 Å². The first kappa shape index (κ1) is 25.0. The summed E-state index contributed by atoms with van der Waals surface area (Å²) in [5.41, 5.74) is 3.50. The van der Waals surface area contributed by atoms with Crippen molar-refractivity contribution in [3.05, 3.63) is 43.9 Å². The monoisotopic (exact) mass is 551 g/mol. The molecular formula is C24H27BrClN3O5. The van der Waals surface area contributed by atoms with Gasteiger partial charge >= 0.3 is 0 Å². The number of amides is 3. The fraction of sp³-hybridized carbons (Fsp3) is 0.500. The average Bonchev–Trinajstić information content (AvgIpc) is 2.76. The van der Waals surface area contributed by atoms with Crippen LogP contribution < -0.4 is 0 Å². The minimum Gasteiger partial charge on any atom is -0.387 e. The number of aliphatic imine (C=N–C) groups is 1. The summed E-state index contributed by atoms with van der Waals surface area (Å²) in [6.07, 6.45) is 2.07. The van der Waals surface area contributed by atoms with Crippen LogP contribution >= 0.6 is 27.5 Å². The Balaban J connectivity index is 1.60. The van der Waals surface area contributed by atoms with Crippen LogP contribution in [-0.2, 0) is 20.7 Å². The highest BCUT2D eigenvalue weighted by atomic mass is 79.9. The normalized spacial score (nSPS) is 21.6. The number of fused-ring (bicyclic) bond motifs is 1. The number of dihydropyridines is 1. The number of aliphatic hydroxyl groups is 1. The smallest absolute Gasteiger partial charge is 0.255 e. The molecule has 10 heteroatoms. The molecule has 3 aliphatic heterocycles. The lowest BCUT2D eigenvalue weighted by atomic mass is 9.86. The van der Waals surface area contributed by atoms with Gasteiger partial charge in [0.15, 0.2) is 0 Å². The van der Waals surface area contributed by atoms with E-state index >= 15 is 0 Å². The summed E-state index contributed by atoms with van der Waals surface area (Å²) in [4.78, 5) is 45.1. The molecule has 3 heterocycles. The number of carbonyl (C=O) groups is 3. The molecule has 8 nitrogen and oxygen atoms in total. The molecule has 3 amide bonds. The van der Waals surface area contributed by atoms with Gasteiger partial charge in [-0.15, -0.1) is 0 Å². The standard InChI is InChI=1S/C24H27BrClN3O5/c1-12-6-13(2)27-23(32)17(12)10-28-5-4-15-18(25)7-16(21(26)20(15)24(28)33)22(34-3)14-8-29(9-14)19(31)11-30/h6-7,14,17,22,30H,4-5,8-11H2,1-3H3. The molecule has 1 N–H and O–H groups in total. The van der Waals surface area contributed by atoms with Crippen molar-refractivity contribution in [2.45, 2.75) is 26.4 Å². The molecule has 1 aromatic rings. The number of aliphatic hydroxyl groups excluding tert-OH is 1. The number of hydrogen-bond acceptors (Lipinski definition) is 5. The van der Waals surface area contributed by atoms with Crippen molar-refractivity contribution >= 4 is 51.0 Å². The first-order valence-corrected chi connectivity index (χ1v) is 12.3. The van der Waals surface area contributed by atoms with Gasteiger partial charge in [-0.1, -0.05) is 33.1 Å². The highest BCUT2D eigenvalue weighted by Gasteiger charge is 2.40. The number of benzene rings is 1. The van der Waals surface area contributed by atoms with Gasteiger partial charge < -0.3 is 19.6 Å². The van der Waals surface area contributed by atoms with Gasteiger partial charge in [0, 0.05) is 55.0 Å². The van der Waals surface area contributed by atoms with Gasteiger partial charge in [0.2, 0.25) is 5.91 Å². The molecular weight excluding hydrogens is 526 g/mol. The summed E-state index contributed by atoms with van der Waals surface area (Å²) in [7, 11) is 1.57. The van der Waals surface area contributed by atoms with E-state index in [1.165, 1.54) is 0 Å². The van der Waals surface area contributed by atoms with Crippen LogP contribution in [0.4, 0.5) is 0 Å². The number of nitrogens with zero attached hydrogens (tertiary/aromatic N) is 3. The van der Waals surface area contributed by atoms with Crippen LogP contribution in [-0.4, -0.2) is 78.2 Å². The molecule has 0 aromatic heterocycles. The molecule has 0 aliphatic carbocycles. The van der Waals surface area contributed by atoms with Gasteiger partial charge in [0.25, 0.3) is 11.8 Å². The quantitative estimate of drug-likeness (QED) is 0.585. The summed E-state index contributed by atoms with van der Waals surface area (Å²) in [5.74, 6) is -1.25. The van der Waals surface area contributed by atoms with E-state index in [1.54, 1.807) is 23.8 Å². The molecule has 34 heavy (non-hydrogen) atoms. The number of allylic oxidation sites excluding steroid dienone is 1. The van der Waals surface area contributed by atoms with E-state index in [0.717, 1.165) is 15.6 Å². The SMILES string of the molecule is COC(c1cc(Br)c2c(c1Cl)C(=O)N(CC1C(=O)N=C(C)C=C1C)CC2)C1CN(C(=O)CO)C1. The van der Waals surface area contributed by atoms with E-state index in [2.05, 4.69) is 20.9 Å². The summed E-state index contributed by atoms with van der Waals surface area (Å²) in [5, 5.41) is 9.41. The van der Waals surface area contributed by atoms with Gasteiger partial charge in [-0.25, -0.2) is 4.99 Å². The van der Waals surface area contributed by atoms with Gasteiger partial charge in [0.05, 0.1) is 22.6 Å². The second-order valence-electron chi connectivity index (χ2n) is 9.02. The first-order valence-electron chi connectivity index (χ1n) is 11.1. The summed E-state index contributed by atoms with van der Waals surface area (Å²) in [6, 6.07) is 1.89. The molecule has 0 spiro atoms. The van der Waals surface area contributed by atoms with Crippen molar-refractivity contribution in [1.29, 1.82) is 0 Å². The lowest BCUT2D eigenvalue weighted by Crippen LogP contribution is -2.53. The zero-order valence-corrected chi connectivity index (χ0v) is 21.6. The molecule has 0 bridgehead atoms. The third-order valence-corrected chi connectivity index (χ3v) is 7.95. The Labute approximate surface area is 211 Å². The third-order valence-electron chi connectivity index (χ3n) is 6.84. The molecule has 0 radical (unpaired) electrons. The van der Waals surface area contributed by atoms with Crippen molar-refractivity contribution in [2.24, 2.45) is 16.8 Å². The number of halogens is 2. The Morgan fingerprint density at radius 2 is 2.06 bits per heavy atom. The Hall–Kier alpha value is -2.07. The second-order valence-corrected chi connectivity index (χ2v) is 10.3. The van der Waals surface area contributed by atoms with E-state index in [-0.39, 0.29) is 30.2 Å². The zero-order chi connectivity index (χ0) is 24.7. The van der Waals surface area contributed by atoms with Crippen molar-refractivity contribution in [3.8, 4) is 0 Å². The Bertz CT molecular complexity index is 1110. The van der Waals surface area contributed by atoms with E-state index in [9.17, 15) is 14.4 Å². The molecule has 1 fully saturated rings. The first-order chi connectivity index (χ1) is 16.2. The number of rotatable bonds is 6. The number of methoxy groups -OCH3 is 1. The van der Waals surface area contributed by atoms with E-state index in [4.69, 9.17) is 21.4 Å². The molecule has 0 saturated carbocycles. The Morgan fingerprint density at radius 1 is 1.35 bits per heavy atom. The van der Waals surface area contributed by atoms with Crippen LogP contribution in [0.5, 0.6) is 0 Å². The molecule has 1 saturated heterocycles. The van der Waals surface area contributed by atoms with Crippen LogP contribution in [0.15, 0.2) is 27.2 Å². The van der Waals surface area contributed by atoms with Gasteiger partial charge in [-0.3, -0.25) is 14.4 Å². The van der Waals surface area contributed by atoms with Crippen LogP contribution in [0, 0.1) is 11.8 Å². The fourth-order valence-corrected chi connectivity index (χ4v) is 5.97. The molecule has 182 valence electrons. The van der Waals surface area contributed by atoms with Crippen LogP contribution in [0.3, 0.4) is 0 Å². The maximum atomic E-state index is 13.6. The molecule has 2 unspecified atom stereocenters. The van der Waals surface area contributed by atoms with Gasteiger partial charge in [-0.2, -0.15) is 0 Å². The fourth-order valence-electron chi connectivity index (χ4n) is 4.97. The predicted molar refractivity (Wildman–Crippen MR) is 131 cm³/mol. The van der Waals surface area contributed by atoms with Gasteiger partial charge in [-0.05, 0) is 38.0 Å². The third kappa shape index (κ3) is 4.46. The largest absolute Gasteiger partial charge is 0.387 e. The van der Waals surface area contributed by atoms with Crippen molar-refractivity contribution in [3.63, 3.8) is 0 Å². The lowest BCUT2D eigenvalue weighted by molar-refractivity contribution is -0.144. The maximum absolute atomic E-state index is 13.6. The minimum absolute atomic E-state index is 0.00788. The predicted octanol–water partition coefficient (Wildman–Crippen LogP) is 2.80. The minimum atomic E-state index is -0.525. The number of hydrogen-bond donors (Lipinski definition) is 1. The van der Waals surface area contributed by atoms with Crippen LogP contribution in [0.2, 0.25) is 5.02 Å². The number of likely N-dealkylation sites (tertiary alicyclic amines) is 1. The topological polar surface area (TPSA) is 99.5 Å². The average molecular weight is 553 g/mol. The molecule has 3 aliphatic rings. The molecule has 2 atom stereocenters. The Morgan fingerprint density at radius 3 is 2.68 bits per heavy atom. The Kier molecular flexibility index (Phi) is 7.28. The highest BCUT2D eigenvalue weighted by Crippen LogP contribution is 2.42. The van der Waals surface area contributed by atoms with E-state index < -0.39 is 18.6 Å². The number of carbonyl (C=O) groups excluding carboxylic acids is 3. The van der Waals surface area contributed by atoms with E-state index in [0.29, 0.717) is 47.9 Å².